The minimum atomic E-state index is 0.296. The van der Waals surface area contributed by atoms with Gasteiger partial charge in [0.05, 0.1) is 11.2 Å². The van der Waals surface area contributed by atoms with E-state index in [1.165, 1.54) is 0 Å². The smallest absolute Gasteiger partial charge is 0.0795 e. The van der Waals surface area contributed by atoms with Crippen molar-refractivity contribution in [2.75, 3.05) is 12.4 Å². The number of rotatable bonds is 5. The molecular weight excluding hydrogens is 178 g/mol. The van der Waals surface area contributed by atoms with Crippen LogP contribution >= 0.6 is 23.1 Å². The Morgan fingerprint density at radius 2 is 2.55 bits per heavy atom. The van der Waals surface area contributed by atoms with Crippen molar-refractivity contribution >= 4 is 23.1 Å². The van der Waals surface area contributed by atoms with E-state index in [0.29, 0.717) is 6.61 Å². The first-order chi connectivity index (χ1) is 5.43. The van der Waals surface area contributed by atoms with Gasteiger partial charge < -0.3 is 5.11 Å². The monoisotopic (exact) mass is 189 g/mol. The lowest BCUT2D eigenvalue weighted by atomic mass is 10.5. The molecular formula is C7H11NOS2. The molecule has 0 amide bonds. The summed E-state index contributed by atoms with van der Waals surface area (Å²) in [6.07, 6.45) is 0.884. The first-order valence-corrected chi connectivity index (χ1v) is 5.59. The van der Waals surface area contributed by atoms with Gasteiger partial charge in [0.25, 0.3) is 0 Å². The summed E-state index contributed by atoms with van der Waals surface area (Å²) in [5, 5.41) is 10.6. The number of hydrogen-bond donors (Lipinski definition) is 1. The van der Waals surface area contributed by atoms with Gasteiger partial charge in [0.1, 0.15) is 0 Å². The van der Waals surface area contributed by atoms with E-state index < -0.39 is 0 Å². The first kappa shape index (κ1) is 9.03. The average Bonchev–Trinajstić information content (AvgIpc) is 2.50. The van der Waals surface area contributed by atoms with Crippen LogP contribution in [0, 0.1) is 0 Å². The van der Waals surface area contributed by atoms with Crippen LogP contribution in [0.1, 0.15) is 12.1 Å². The summed E-state index contributed by atoms with van der Waals surface area (Å²) in [5.74, 6) is 2.00. The first-order valence-electron chi connectivity index (χ1n) is 3.49. The van der Waals surface area contributed by atoms with Gasteiger partial charge in [-0.2, -0.15) is 11.8 Å². The lowest BCUT2D eigenvalue weighted by Crippen LogP contribution is -1.87. The van der Waals surface area contributed by atoms with Crippen molar-refractivity contribution in [3.8, 4) is 0 Å². The van der Waals surface area contributed by atoms with E-state index in [0.717, 1.165) is 23.6 Å². The Labute approximate surface area is 74.7 Å². The van der Waals surface area contributed by atoms with Gasteiger partial charge in [-0.25, -0.2) is 4.98 Å². The van der Waals surface area contributed by atoms with Crippen LogP contribution in [-0.4, -0.2) is 22.5 Å². The van der Waals surface area contributed by atoms with Gasteiger partial charge in [0.15, 0.2) is 0 Å². The summed E-state index contributed by atoms with van der Waals surface area (Å²) in [7, 11) is 0. The zero-order chi connectivity index (χ0) is 7.94. The molecule has 1 N–H and O–H groups in total. The van der Waals surface area contributed by atoms with Crippen molar-refractivity contribution in [2.45, 2.75) is 12.2 Å². The van der Waals surface area contributed by atoms with E-state index in [9.17, 15) is 0 Å². The number of thioether (sulfide) groups is 1. The molecule has 0 saturated heterocycles. The largest absolute Gasteiger partial charge is 0.396 e. The normalized spacial score (nSPS) is 10.3. The average molecular weight is 189 g/mol. The topological polar surface area (TPSA) is 33.1 Å². The van der Waals surface area contributed by atoms with Gasteiger partial charge in [0.2, 0.25) is 0 Å². The third-order valence-corrected chi connectivity index (χ3v) is 2.89. The predicted molar refractivity (Wildman–Crippen MR) is 50.0 cm³/mol. The third-order valence-electron chi connectivity index (χ3n) is 1.18. The fraction of sp³-hybridized carbons (Fsp3) is 0.571. The molecule has 1 aromatic rings. The minimum Gasteiger partial charge on any atom is -0.396 e. The molecule has 0 fully saturated rings. The van der Waals surface area contributed by atoms with Crippen molar-refractivity contribution in [1.29, 1.82) is 0 Å². The highest BCUT2D eigenvalue weighted by Gasteiger charge is 1.93. The quantitative estimate of drug-likeness (QED) is 0.716. The molecule has 0 aliphatic rings. The SMILES string of the molecule is OCCCSCc1cscn1. The molecule has 0 spiro atoms. The van der Waals surface area contributed by atoms with Crippen LogP contribution < -0.4 is 0 Å². The minimum absolute atomic E-state index is 0.296. The van der Waals surface area contributed by atoms with Crippen LogP contribution in [0.25, 0.3) is 0 Å². The van der Waals surface area contributed by atoms with Crippen LogP contribution in [0.4, 0.5) is 0 Å². The van der Waals surface area contributed by atoms with Gasteiger partial charge in [-0.1, -0.05) is 0 Å². The van der Waals surface area contributed by atoms with Crippen LogP contribution in [0.15, 0.2) is 10.9 Å². The Morgan fingerprint density at radius 1 is 1.64 bits per heavy atom. The Morgan fingerprint density at radius 3 is 3.18 bits per heavy atom. The standard InChI is InChI=1S/C7H11NOS2/c9-2-1-3-10-4-7-5-11-6-8-7/h5-6,9H,1-4H2. The van der Waals surface area contributed by atoms with E-state index in [1.807, 2.05) is 17.3 Å². The molecule has 0 bridgehead atoms. The molecule has 0 radical (unpaired) electrons. The van der Waals surface area contributed by atoms with E-state index in [1.54, 1.807) is 11.3 Å². The van der Waals surface area contributed by atoms with Crippen molar-refractivity contribution in [2.24, 2.45) is 0 Å². The lowest BCUT2D eigenvalue weighted by Gasteiger charge is -1.95. The van der Waals surface area contributed by atoms with Gasteiger partial charge in [-0.05, 0) is 12.2 Å². The molecule has 0 aromatic carbocycles. The van der Waals surface area contributed by atoms with E-state index >= 15 is 0 Å². The Kier molecular flexibility index (Phi) is 4.58. The predicted octanol–water partition coefficient (Wildman–Crippen LogP) is 1.76. The molecule has 0 aliphatic heterocycles. The number of aliphatic hydroxyl groups excluding tert-OH is 1. The molecule has 2 nitrogen and oxygen atoms in total. The maximum Gasteiger partial charge on any atom is 0.0795 e. The fourth-order valence-electron chi connectivity index (χ4n) is 0.652. The van der Waals surface area contributed by atoms with Crippen LogP contribution in [0.5, 0.6) is 0 Å². The van der Waals surface area contributed by atoms with E-state index in [2.05, 4.69) is 10.4 Å². The van der Waals surface area contributed by atoms with Crippen LogP contribution in [-0.2, 0) is 5.75 Å². The van der Waals surface area contributed by atoms with Crippen molar-refractivity contribution < 1.29 is 5.11 Å². The molecule has 0 aliphatic carbocycles. The Balaban J connectivity index is 2.04. The molecule has 0 saturated carbocycles. The highest BCUT2D eigenvalue weighted by Crippen LogP contribution is 2.12. The second-order valence-corrected chi connectivity index (χ2v) is 3.93. The second kappa shape index (κ2) is 5.57. The summed E-state index contributed by atoms with van der Waals surface area (Å²) in [6.45, 7) is 0.296. The number of hydrogen-bond acceptors (Lipinski definition) is 4. The van der Waals surface area contributed by atoms with Gasteiger partial charge in [-0.15, -0.1) is 11.3 Å². The van der Waals surface area contributed by atoms with Crippen molar-refractivity contribution in [1.82, 2.24) is 4.98 Å². The third kappa shape index (κ3) is 3.74. The molecule has 62 valence electrons. The summed E-state index contributed by atoms with van der Waals surface area (Å²) in [5.41, 5.74) is 3.00. The lowest BCUT2D eigenvalue weighted by molar-refractivity contribution is 0.296. The maximum atomic E-state index is 8.50. The summed E-state index contributed by atoms with van der Waals surface area (Å²) in [6, 6.07) is 0. The van der Waals surface area contributed by atoms with Gasteiger partial charge in [0, 0.05) is 17.7 Å². The number of aliphatic hydroxyl groups is 1. The summed E-state index contributed by atoms with van der Waals surface area (Å²) >= 11 is 3.45. The molecule has 1 rings (SSSR count). The number of nitrogens with zero attached hydrogens (tertiary/aromatic N) is 1. The van der Waals surface area contributed by atoms with Crippen molar-refractivity contribution in [3.05, 3.63) is 16.6 Å². The zero-order valence-electron chi connectivity index (χ0n) is 6.19. The fourth-order valence-corrected chi connectivity index (χ4v) is 2.16. The van der Waals surface area contributed by atoms with E-state index in [-0.39, 0.29) is 0 Å². The molecule has 4 heteroatoms. The Bertz CT molecular complexity index is 177. The number of aromatic nitrogens is 1. The molecule has 1 heterocycles. The van der Waals surface area contributed by atoms with E-state index in [4.69, 9.17) is 5.11 Å². The van der Waals surface area contributed by atoms with Crippen LogP contribution in [0.2, 0.25) is 0 Å². The zero-order valence-corrected chi connectivity index (χ0v) is 7.83. The highest BCUT2D eigenvalue weighted by molar-refractivity contribution is 7.98. The molecule has 0 atom stereocenters. The molecule has 1 aromatic heterocycles. The van der Waals surface area contributed by atoms with Gasteiger partial charge in [-0.3, -0.25) is 0 Å². The maximum absolute atomic E-state index is 8.50. The number of thiazole rings is 1. The summed E-state index contributed by atoms with van der Waals surface area (Å²) < 4.78 is 0. The second-order valence-electron chi connectivity index (χ2n) is 2.11. The Hall–Kier alpha value is -0.0600. The molecule has 11 heavy (non-hydrogen) atoms. The highest BCUT2D eigenvalue weighted by atomic mass is 32.2. The van der Waals surface area contributed by atoms with Crippen molar-refractivity contribution in [3.63, 3.8) is 0 Å². The molecule has 0 unspecified atom stereocenters. The van der Waals surface area contributed by atoms with Gasteiger partial charge >= 0.3 is 0 Å². The summed E-state index contributed by atoms with van der Waals surface area (Å²) in [4.78, 5) is 4.15. The van der Waals surface area contributed by atoms with Crippen LogP contribution in [0.3, 0.4) is 0 Å².